The van der Waals surface area contributed by atoms with Crippen LogP contribution in [0.5, 0.6) is 5.75 Å². The van der Waals surface area contributed by atoms with Crippen molar-refractivity contribution in [2.24, 2.45) is 5.73 Å². The third kappa shape index (κ3) is 3.59. The lowest BCUT2D eigenvalue weighted by molar-refractivity contribution is -0.384. The van der Waals surface area contributed by atoms with E-state index in [2.05, 4.69) is 10.1 Å². The second-order valence-corrected chi connectivity index (χ2v) is 4.34. The number of amides is 2. The quantitative estimate of drug-likeness (QED) is 0.627. The van der Waals surface area contributed by atoms with Gasteiger partial charge in [0.2, 0.25) is 0 Å². The van der Waals surface area contributed by atoms with Gasteiger partial charge in [-0.1, -0.05) is 0 Å². The van der Waals surface area contributed by atoms with Crippen molar-refractivity contribution in [2.45, 2.75) is 12.8 Å². The summed E-state index contributed by atoms with van der Waals surface area (Å²) in [5.74, 6) is -0.270. The first-order valence-electron chi connectivity index (χ1n) is 6.13. The van der Waals surface area contributed by atoms with E-state index in [1.54, 1.807) is 0 Å². The van der Waals surface area contributed by atoms with Gasteiger partial charge in [0, 0.05) is 0 Å². The molecular weight excluding hydrogens is 282 g/mol. The van der Waals surface area contributed by atoms with E-state index in [1.165, 1.54) is 12.1 Å². The number of rotatable bonds is 4. The zero-order valence-electron chi connectivity index (χ0n) is 11.0. The SMILES string of the molecule is NC(=O)OCC(=O)Nc1cc2c(cc1[N+](=O)[O-])OCCC2. The van der Waals surface area contributed by atoms with Crippen molar-refractivity contribution in [1.29, 1.82) is 0 Å². The van der Waals surface area contributed by atoms with Crippen LogP contribution in [0.25, 0.3) is 0 Å². The third-order valence-corrected chi connectivity index (χ3v) is 2.84. The fraction of sp³-hybridized carbons (Fsp3) is 0.333. The zero-order chi connectivity index (χ0) is 15.4. The predicted molar refractivity (Wildman–Crippen MR) is 71.1 cm³/mol. The monoisotopic (exact) mass is 295 g/mol. The number of nitro groups is 1. The van der Waals surface area contributed by atoms with Crippen LogP contribution in [0.1, 0.15) is 12.0 Å². The molecule has 2 amide bonds. The molecule has 0 saturated heterocycles. The van der Waals surface area contributed by atoms with E-state index >= 15 is 0 Å². The molecular formula is C12H13N3O6. The molecule has 1 aliphatic heterocycles. The molecule has 0 aliphatic carbocycles. The van der Waals surface area contributed by atoms with Crippen molar-refractivity contribution in [2.75, 3.05) is 18.5 Å². The van der Waals surface area contributed by atoms with Crippen LogP contribution in [-0.4, -0.2) is 30.1 Å². The molecule has 3 N–H and O–H groups in total. The number of nitrogens with two attached hydrogens (primary N) is 1. The van der Waals surface area contributed by atoms with Crippen LogP contribution in [-0.2, 0) is 16.0 Å². The molecule has 1 heterocycles. The maximum atomic E-state index is 11.6. The van der Waals surface area contributed by atoms with Crippen molar-refractivity contribution in [3.63, 3.8) is 0 Å². The lowest BCUT2D eigenvalue weighted by Gasteiger charge is -2.18. The van der Waals surface area contributed by atoms with E-state index in [1.807, 2.05) is 0 Å². The molecule has 9 heteroatoms. The fourth-order valence-electron chi connectivity index (χ4n) is 1.96. The summed E-state index contributed by atoms with van der Waals surface area (Å²) in [6.45, 7) is -0.109. The molecule has 0 saturated carbocycles. The Balaban J connectivity index is 2.22. The first kappa shape index (κ1) is 14.6. The minimum absolute atomic E-state index is 0.0299. The minimum atomic E-state index is -1.10. The van der Waals surface area contributed by atoms with Crippen LogP contribution >= 0.6 is 0 Å². The summed E-state index contributed by atoms with van der Waals surface area (Å²) in [5.41, 5.74) is 5.25. The van der Waals surface area contributed by atoms with Gasteiger partial charge in [-0.15, -0.1) is 0 Å². The average Bonchev–Trinajstić information content (AvgIpc) is 2.44. The van der Waals surface area contributed by atoms with Gasteiger partial charge in [0.15, 0.2) is 6.61 Å². The van der Waals surface area contributed by atoms with Gasteiger partial charge in [0.05, 0.1) is 17.6 Å². The van der Waals surface area contributed by atoms with Crippen molar-refractivity contribution >= 4 is 23.4 Å². The number of carbonyl (C=O) groups is 2. The molecule has 9 nitrogen and oxygen atoms in total. The van der Waals surface area contributed by atoms with E-state index < -0.39 is 23.5 Å². The molecule has 0 aromatic heterocycles. The number of hydrogen-bond acceptors (Lipinski definition) is 6. The van der Waals surface area contributed by atoms with Gasteiger partial charge in [-0.05, 0) is 24.5 Å². The van der Waals surface area contributed by atoms with Crippen molar-refractivity contribution in [3.8, 4) is 5.75 Å². The Kier molecular flexibility index (Phi) is 4.21. The highest BCUT2D eigenvalue weighted by Gasteiger charge is 2.22. The van der Waals surface area contributed by atoms with Crippen LogP contribution in [0, 0.1) is 10.1 Å². The molecule has 1 aromatic carbocycles. The number of anilines is 1. The number of carbonyl (C=O) groups excluding carboxylic acids is 2. The lowest BCUT2D eigenvalue weighted by Crippen LogP contribution is -2.24. The molecule has 0 unspecified atom stereocenters. The summed E-state index contributed by atoms with van der Waals surface area (Å²) >= 11 is 0. The third-order valence-electron chi connectivity index (χ3n) is 2.84. The van der Waals surface area contributed by atoms with Crippen LogP contribution in [0.4, 0.5) is 16.2 Å². The van der Waals surface area contributed by atoms with E-state index in [-0.39, 0.29) is 11.4 Å². The molecule has 21 heavy (non-hydrogen) atoms. The molecule has 0 fully saturated rings. The zero-order valence-corrected chi connectivity index (χ0v) is 11.0. The maximum Gasteiger partial charge on any atom is 0.405 e. The largest absolute Gasteiger partial charge is 0.493 e. The Morgan fingerprint density at radius 2 is 2.24 bits per heavy atom. The molecule has 112 valence electrons. The van der Waals surface area contributed by atoms with Crippen molar-refractivity contribution in [3.05, 3.63) is 27.8 Å². The van der Waals surface area contributed by atoms with E-state index in [0.717, 1.165) is 12.0 Å². The number of nitro benzene ring substituents is 1. The Labute approximate surface area is 119 Å². The molecule has 0 bridgehead atoms. The number of hydrogen-bond donors (Lipinski definition) is 2. The molecule has 1 aromatic rings. The first-order chi connectivity index (χ1) is 9.97. The summed E-state index contributed by atoms with van der Waals surface area (Å²) in [7, 11) is 0. The van der Waals surface area contributed by atoms with Crippen LogP contribution < -0.4 is 15.8 Å². The minimum Gasteiger partial charge on any atom is -0.493 e. The van der Waals surface area contributed by atoms with E-state index in [0.29, 0.717) is 18.8 Å². The second-order valence-electron chi connectivity index (χ2n) is 4.34. The highest BCUT2D eigenvalue weighted by Crippen LogP contribution is 2.35. The highest BCUT2D eigenvalue weighted by atomic mass is 16.6. The van der Waals surface area contributed by atoms with Gasteiger partial charge in [-0.2, -0.15) is 0 Å². The van der Waals surface area contributed by atoms with Crippen molar-refractivity contribution in [1.82, 2.24) is 0 Å². The first-order valence-corrected chi connectivity index (χ1v) is 6.13. The number of fused-ring (bicyclic) bond motifs is 1. The number of nitrogens with zero attached hydrogens (tertiary/aromatic N) is 1. The maximum absolute atomic E-state index is 11.6. The molecule has 0 spiro atoms. The highest BCUT2D eigenvalue weighted by molar-refractivity contribution is 5.95. The summed E-state index contributed by atoms with van der Waals surface area (Å²) < 4.78 is 9.67. The average molecular weight is 295 g/mol. The van der Waals surface area contributed by atoms with Crippen LogP contribution in [0.3, 0.4) is 0 Å². The molecule has 0 radical (unpaired) electrons. The molecule has 1 aliphatic rings. The Bertz CT molecular complexity index is 601. The molecule has 2 rings (SSSR count). The van der Waals surface area contributed by atoms with Gasteiger partial charge in [-0.3, -0.25) is 14.9 Å². The number of benzene rings is 1. The van der Waals surface area contributed by atoms with Gasteiger partial charge >= 0.3 is 6.09 Å². The second kappa shape index (κ2) is 6.07. The standard InChI is InChI=1S/C12H13N3O6/c13-12(17)21-6-11(16)14-8-4-7-2-1-3-20-10(7)5-9(8)15(18)19/h4-5H,1-3,6H2,(H2,13,17)(H,14,16). The Morgan fingerprint density at radius 1 is 1.48 bits per heavy atom. The Hall–Kier alpha value is -2.84. The smallest absolute Gasteiger partial charge is 0.405 e. The fourth-order valence-corrected chi connectivity index (χ4v) is 1.96. The molecule has 0 atom stereocenters. The summed E-state index contributed by atoms with van der Waals surface area (Å²) in [6, 6.07) is 2.77. The van der Waals surface area contributed by atoms with E-state index in [9.17, 15) is 19.7 Å². The predicted octanol–water partition coefficient (Wildman–Crippen LogP) is 0.954. The van der Waals surface area contributed by atoms with E-state index in [4.69, 9.17) is 10.5 Å². The topological polar surface area (TPSA) is 134 Å². The summed E-state index contributed by atoms with van der Waals surface area (Å²) in [5, 5.41) is 13.4. The Morgan fingerprint density at radius 3 is 2.90 bits per heavy atom. The summed E-state index contributed by atoms with van der Waals surface area (Å²) in [4.78, 5) is 32.4. The van der Waals surface area contributed by atoms with Crippen LogP contribution in [0.15, 0.2) is 12.1 Å². The van der Waals surface area contributed by atoms with Gasteiger partial charge in [0.1, 0.15) is 11.4 Å². The van der Waals surface area contributed by atoms with Gasteiger partial charge in [-0.25, -0.2) is 4.79 Å². The number of ether oxygens (including phenoxy) is 2. The number of aryl methyl sites for hydroxylation is 1. The number of primary amides is 1. The summed E-state index contributed by atoms with van der Waals surface area (Å²) in [6.07, 6.45) is 0.398. The lowest BCUT2D eigenvalue weighted by atomic mass is 10.0. The normalized spacial score (nSPS) is 12.8. The number of nitrogens with one attached hydrogen (secondary N) is 1. The van der Waals surface area contributed by atoms with Gasteiger partial charge in [0.25, 0.3) is 11.6 Å². The van der Waals surface area contributed by atoms with Gasteiger partial charge < -0.3 is 20.5 Å². The van der Waals surface area contributed by atoms with Crippen molar-refractivity contribution < 1.29 is 24.0 Å². The van der Waals surface area contributed by atoms with Crippen LogP contribution in [0.2, 0.25) is 0 Å².